The first-order chi connectivity index (χ1) is 14.2. The van der Waals surface area contributed by atoms with Crippen LogP contribution in [0, 0.1) is 0 Å². The van der Waals surface area contributed by atoms with Crippen molar-refractivity contribution in [3.05, 3.63) is 70.1 Å². The molecule has 0 bridgehead atoms. The van der Waals surface area contributed by atoms with E-state index >= 15 is 0 Å². The number of aliphatic imine (C=N–C) groups is 1. The van der Waals surface area contributed by atoms with Crippen molar-refractivity contribution in [3.63, 3.8) is 0 Å². The fourth-order valence-electron chi connectivity index (χ4n) is 3.81. The second-order valence-electron chi connectivity index (χ2n) is 7.48. The number of pyridine rings is 1. The van der Waals surface area contributed by atoms with Crippen molar-refractivity contribution < 1.29 is 0 Å². The average Bonchev–Trinajstić information content (AvgIpc) is 3.20. The van der Waals surface area contributed by atoms with Gasteiger partial charge in [0.15, 0.2) is 5.96 Å². The first-order valence-electron chi connectivity index (χ1n) is 10.7. The van der Waals surface area contributed by atoms with E-state index in [9.17, 15) is 4.79 Å². The molecular weight excluding hydrogens is 362 g/mol. The van der Waals surface area contributed by atoms with Crippen molar-refractivity contribution >= 4 is 5.96 Å². The maximum absolute atomic E-state index is 11.9. The predicted molar refractivity (Wildman–Crippen MR) is 119 cm³/mol. The van der Waals surface area contributed by atoms with Gasteiger partial charge in [-0.25, -0.2) is 4.99 Å². The lowest BCUT2D eigenvalue weighted by atomic mass is 10.1. The Hall–Kier alpha value is -2.60. The first kappa shape index (κ1) is 21.1. The molecule has 1 aliphatic rings. The lowest BCUT2D eigenvalue weighted by molar-refractivity contribution is 0.267. The third-order valence-corrected chi connectivity index (χ3v) is 5.45. The van der Waals surface area contributed by atoms with Gasteiger partial charge in [-0.15, -0.1) is 0 Å². The second kappa shape index (κ2) is 10.8. The van der Waals surface area contributed by atoms with E-state index in [1.165, 1.54) is 19.4 Å². The molecule has 1 fully saturated rings. The lowest BCUT2D eigenvalue weighted by Gasteiger charge is -2.24. The van der Waals surface area contributed by atoms with Crippen LogP contribution in [0.15, 0.2) is 58.4 Å². The molecule has 1 aliphatic heterocycles. The van der Waals surface area contributed by atoms with Crippen LogP contribution in [-0.2, 0) is 13.1 Å². The fraction of sp³-hybridized carbons (Fsp3) is 0.478. The van der Waals surface area contributed by atoms with Gasteiger partial charge >= 0.3 is 0 Å². The highest BCUT2D eigenvalue weighted by Crippen LogP contribution is 2.15. The zero-order chi connectivity index (χ0) is 20.5. The molecule has 29 heavy (non-hydrogen) atoms. The largest absolute Gasteiger partial charge is 0.357 e. The number of nitrogens with zero attached hydrogens (tertiary/aromatic N) is 3. The van der Waals surface area contributed by atoms with Gasteiger partial charge in [0, 0.05) is 31.4 Å². The van der Waals surface area contributed by atoms with E-state index in [1.54, 1.807) is 16.7 Å². The normalized spacial score (nSPS) is 17.4. The van der Waals surface area contributed by atoms with Gasteiger partial charge in [0.2, 0.25) is 0 Å². The highest BCUT2D eigenvalue weighted by Gasteiger charge is 2.22. The minimum absolute atomic E-state index is 0.0198. The number of hydrogen-bond acceptors (Lipinski definition) is 3. The number of aromatic nitrogens is 1. The van der Waals surface area contributed by atoms with Crippen LogP contribution < -0.4 is 16.2 Å². The molecule has 6 nitrogen and oxygen atoms in total. The van der Waals surface area contributed by atoms with E-state index in [0.29, 0.717) is 19.1 Å². The monoisotopic (exact) mass is 395 g/mol. The van der Waals surface area contributed by atoms with Gasteiger partial charge in [0.05, 0.1) is 13.1 Å². The molecule has 1 unspecified atom stereocenters. The summed E-state index contributed by atoms with van der Waals surface area (Å²) < 4.78 is 1.71. The number of guanidine groups is 1. The average molecular weight is 396 g/mol. The van der Waals surface area contributed by atoms with Gasteiger partial charge in [-0.1, -0.05) is 37.3 Å². The predicted octanol–water partition coefficient (Wildman–Crippen LogP) is 2.44. The van der Waals surface area contributed by atoms with Crippen LogP contribution in [0.1, 0.15) is 37.8 Å². The van der Waals surface area contributed by atoms with Gasteiger partial charge in [0.25, 0.3) is 5.56 Å². The van der Waals surface area contributed by atoms with Crippen molar-refractivity contribution in [1.29, 1.82) is 0 Å². The van der Waals surface area contributed by atoms with Crippen molar-refractivity contribution in [1.82, 2.24) is 20.1 Å². The molecule has 2 N–H and O–H groups in total. The van der Waals surface area contributed by atoms with Crippen LogP contribution in [0.3, 0.4) is 0 Å². The molecule has 0 aliphatic carbocycles. The molecule has 1 atom stereocenters. The molecule has 1 saturated heterocycles. The third kappa shape index (κ3) is 6.19. The summed E-state index contributed by atoms with van der Waals surface area (Å²) in [7, 11) is 0. The highest BCUT2D eigenvalue weighted by atomic mass is 16.1. The Balaban J connectivity index is 1.56. The molecule has 0 saturated carbocycles. The third-order valence-electron chi connectivity index (χ3n) is 5.45. The zero-order valence-corrected chi connectivity index (χ0v) is 17.6. The van der Waals surface area contributed by atoms with E-state index in [0.717, 1.165) is 36.7 Å². The molecule has 0 spiro atoms. The highest BCUT2D eigenvalue weighted by molar-refractivity contribution is 5.79. The van der Waals surface area contributed by atoms with Crippen LogP contribution >= 0.6 is 0 Å². The van der Waals surface area contributed by atoms with Crippen LogP contribution in [0.2, 0.25) is 0 Å². The van der Waals surface area contributed by atoms with Crippen LogP contribution in [-0.4, -0.2) is 47.6 Å². The Morgan fingerprint density at radius 3 is 2.62 bits per heavy atom. The van der Waals surface area contributed by atoms with E-state index in [-0.39, 0.29) is 5.56 Å². The van der Waals surface area contributed by atoms with Gasteiger partial charge in [-0.05, 0) is 50.0 Å². The molecule has 0 amide bonds. The molecule has 3 rings (SSSR count). The fourth-order valence-corrected chi connectivity index (χ4v) is 3.81. The van der Waals surface area contributed by atoms with E-state index < -0.39 is 0 Å². The number of likely N-dealkylation sites (tertiary alicyclic amines) is 1. The Kier molecular flexibility index (Phi) is 7.87. The number of benzene rings is 1. The van der Waals surface area contributed by atoms with Crippen molar-refractivity contribution in [3.8, 4) is 0 Å². The van der Waals surface area contributed by atoms with Crippen LogP contribution in [0.4, 0.5) is 0 Å². The second-order valence-corrected chi connectivity index (χ2v) is 7.48. The Labute approximate surface area is 173 Å². The summed E-state index contributed by atoms with van der Waals surface area (Å²) in [4.78, 5) is 19.1. The minimum Gasteiger partial charge on any atom is -0.357 e. The molecule has 2 heterocycles. The van der Waals surface area contributed by atoms with Crippen LogP contribution in [0.25, 0.3) is 0 Å². The summed E-state index contributed by atoms with van der Waals surface area (Å²) in [5.74, 6) is 0.871. The van der Waals surface area contributed by atoms with Crippen molar-refractivity contribution in [2.24, 2.45) is 4.99 Å². The Bertz CT molecular complexity index is 843. The lowest BCUT2D eigenvalue weighted by Crippen LogP contribution is -2.44. The number of nitrogens with one attached hydrogen (secondary N) is 2. The maximum Gasteiger partial charge on any atom is 0.250 e. The zero-order valence-electron chi connectivity index (χ0n) is 17.6. The summed E-state index contributed by atoms with van der Waals surface area (Å²) in [6, 6.07) is 14.2. The number of hydrogen-bond donors (Lipinski definition) is 2. The van der Waals surface area contributed by atoms with E-state index in [1.807, 2.05) is 12.3 Å². The SMILES string of the molecule is CCNC(=NCc1ccc(Cn2ccccc2=O)cc1)NCC1CCCN1CC. The summed E-state index contributed by atoms with van der Waals surface area (Å²) in [6.07, 6.45) is 4.36. The summed E-state index contributed by atoms with van der Waals surface area (Å²) >= 11 is 0. The molecular formula is C23H33N5O. The number of rotatable bonds is 8. The summed E-state index contributed by atoms with van der Waals surface area (Å²) in [6.45, 7) is 9.63. The Morgan fingerprint density at radius 1 is 1.10 bits per heavy atom. The Morgan fingerprint density at radius 2 is 1.90 bits per heavy atom. The summed E-state index contributed by atoms with van der Waals surface area (Å²) in [5.41, 5.74) is 2.28. The van der Waals surface area contributed by atoms with E-state index in [4.69, 9.17) is 4.99 Å². The van der Waals surface area contributed by atoms with Gasteiger partial charge in [0.1, 0.15) is 0 Å². The van der Waals surface area contributed by atoms with E-state index in [2.05, 4.69) is 53.6 Å². The van der Waals surface area contributed by atoms with Crippen LogP contribution in [0.5, 0.6) is 0 Å². The quantitative estimate of drug-likeness (QED) is 0.532. The number of likely N-dealkylation sites (N-methyl/N-ethyl adjacent to an activating group) is 1. The molecule has 2 aromatic rings. The summed E-state index contributed by atoms with van der Waals surface area (Å²) in [5, 5.41) is 6.85. The maximum atomic E-state index is 11.9. The standard InChI is InChI=1S/C23H33N5O/c1-3-24-23(26-17-21-8-7-15-27(21)4-2)25-16-19-10-12-20(13-11-19)18-28-14-6-5-9-22(28)29/h5-6,9-14,21H,3-4,7-8,15-18H2,1-2H3,(H2,24,25,26). The first-order valence-corrected chi connectivity index (χ1v) is 10.7. The molecule has 6 heteroatoms. The van der Waals surface area contributed by atoms with Crippen molar-refractivity contribution in [2.45, 2.75) is 45.8 Å². The van der Waals surface area contributed by atoms with Gasteiger partial charge in [-0.3, -0.25) is 9.69 Å². The van der Waals surface area contributed by atoms with Gasteiger partial charge in [-0.2, -0.15) is 0 Å². The van der Waals surface area contributed by atoms with Crippen molar-refractivity contribution in [2.75, 3.05) is 26.2 Å². The molecule has 0 radical (unpaired) electrons. The minimum atomic E-state index is 0.0198. The van der Waals surface area contributed by atoms with Gasteiger partial charge < -0.3 is 15.2 Å². The smallest absolute Gasteiger partial charge is 0.250 e. The molecule has 1 aromatic carbocycles. The molecule has 1 aromatic heterocycles. The molecule has 156 valence electrons. The topological polar surface area (TPSA) is 61.7 Å².